The molecule has 0 radical (unpaired) electrons. The first-order chi connectivity index (χ1) is 15.5. The molecule has 1 aromatic heterocycles. The van der Waals surface area contributed by atoms with Gasteiger partial charge in [-0.1, -0.05) is 31.4 Å². The van der Waals surface area contributed by atoms with Gasteiger partial charge in [0.1, 0.15) is 11.6 Å². The van der Waals surface area contributed by atoms with E-state index in [1.165, 1.54) is 25.3 Å². The maximum absolute atomic E-state index is 13.5. The van der Waals surface area contributed by atoms with Gasteiger partial charge in [-0.15, -0.1) is 0 Å². The summed E-state index contributed by atoms with van der Waals surface area (Å²) in [5.74, 6) is 1.03. The standard InChI is InChI=1S/C26H35FN4O/c1-18-24(15-25(32)30-23-11-4-3-5-12-23)19(2)29-26(28-18)21-9-7-13-31(17-21)16-20-8-6-10-22(27)14-20/h6,8,10,14,21,23H,3-5,7,9,11-13,15-17H2,1-2H3,(H,30,32)/t21-/m0/s1. The topological polar surface area (TPSA) is 58.1 Å². The third-order valence-electron chi connectivity index (χ3n) is 6.91. The molecule has 1 amide bonds. The largest absolute Gasteiger partial charge is 0.353 e. The second kappa shape index (κ2) is 10.5. The Balaban J connectivity index is 1.39. The quantitative estimate of drug-likeness (QED) is 0.716. The molecule has 1 N–H and O–H groups in total. The number of halogens is 1. The molecule has 1 saturated carbocycles. The number of hydrogen-bond acceptors (Lipinski definition) is 4. The number of likely N-dealkylation sites (tertiary alicyclic amines) is 1. The van der Waals surface area contributed by atoms with Gasteiger partial charge in [0.2, 0.25) is 5.91 Å². The third-order valence-corrected chi connectivity index (χ3v) is 6.91. The SMILES string of the molecule is Cc1nc([C@H]2CCCN(Cc3cccc(F)c3)C2)nc(C)c1CC(=O)NC1CCCCC1. The number of rotatable bonds is 6. The fourth-order valence-corrected chi connectivity index (χ4v) is 5.19. The molecule has 2 heterocycles. The summed E-state index contributed by atoms with van der Waals surface area (Å²) in [4.78, 5) is 24.6. The van der Waals surface area contributed by atoms with Crippen LogP contribution in [0.2, 0.25) is 0 Å². The Labute approximate surface area is 190 Å². The predicted octanol–water partition coefficient (Wildman–Crippen LogP) is 4.60. The summed E-state index contributed by atoms with van der Waals surface area (Å²) < 4.78 is 13.5. The van der Waals surface area contributed by atoms with Gasteiger partial charge in [-0.25, -0.2) is 14.4 Å². The Hall–Kier alpha value is -2.34. The molecule has 4 rings (SSSR count). The summed E-state index contributed by atoms with van der Waals surface area (Å²) in [6.45, 7) is 6.61. The summed E-state index contributed by atoms with van der Waals surface area (Å²) in [7, 11) is 0. The lowest BCUT2D eigenvalue weighted by atomic mass is 9.95. The average molecular weight is 439 g/mol. The average Bonchev–Trinajstić information content (AvgIpc) is 2.77. The number of carbonyl (C=O) groups excluding carboxylic acids is 1. The predicted molar refractivity (Wildman–Crippen MR) is 124 cm³/mol. The van der Waals surface area contributed by atoms with Crippen molar-refractivity contribution in [3.8, 4) is 0 Å². The number of piperidine rings is 1. The van der Waals surface area contributed by atoms with Gasteiger partial charge >= 0.3 is 0 Å². The van der Waals surface area contributed by atoms with E-state index in [1.807, 2.05) is 19.9 Å². The molecular formula is C26H35FN4O. The molecule has 5 nitrogen and oxygen atoms in total. The molecule has 32 heavy (non-hydrogen) atoms. The molecule has 1 atom stereocenters. The zero-order valence-corrected chi connectivity index (χ0v) is 19.4. The Morgan fingerprint density at radius 1 is 1.09 bits per heavy atom. The Bertz CT molecular complexity index is 918. The second-order valence-corrected chi connectivity index (χ2v) is 9.51. The number of nitrogens with one attached hydrogen (secondary N) is 1. The van der Waals surface area contributed by atoms with Crippen LogP contribution in [0.4, 0.5) is 4.39 Å². The highest BCUT2D eigenvalue weighted by molar-refractivity contribution is 5.79. The highest BCUT2D eigenvalue weighted by Gasteiger charge is 2.25. The van der Waals surface area contributed by atoms with Gasteiger partial charge in [0.25, 0.3) is 0 Å². The number of carbonyl (C=O) groups is 1. The van der Waals surface area contributed by atoms with Crippen molar-refractivity contribution < 1.29 is 9.18 Å². The monoisotopic (exact) mass is 438 g/mol. The highest BCUT2D eigenvalue weighted by Crippen LogP contribution is 2.27. The summed E-state index contributed by atoms with van der Waals surface area (Å²) in [5, 5.41) is 3.20. The van der Waals surface area contributed by atoms with E-state index in [-0.39, 0.29) is 17.6 Å². The molecule has 1 aromatic carbocycles. The lowest BCUT2D eigenvalue weighted by Gasteiger charge is -2.32. The highest BCUT2D eigenvalue weighted by atomic mass is 19.1. The number of hydrogen-bond donors (Lipinski definition) is 1. The summed E-state index contributed by atoms with van der Waals surface area (Å²) >= 11 is 0. The van der Waals surface area contributed by atoms with Gasteiger partial charge in [-0.3, -0.25) is 9.69 Å². The first-order valence-corrected chi connectivity index (χ1v) is 12.1. The third kappa shape index (κ3) is 5.91. The van der Waals surface area contributed by atoms with Crippen molar-refractivity contribution in [2.24, 2.45) is 0 Å². The molecule has 0 spiro atoms. The normalized spacial score (nSPS) is 20.3. The summed E-state index contributed by atoms with van der Waals surface area (Å²) in [5.41, 5.74) is 3.77. The van der Waals surface area contributed by atoms with Crippen molar-refractivity contribution in [1.82, 2.24) is 20.2 Å². The van der Waals surface area contributed by atoms with Crippen molar-refractivity contribution in [3.63, 3.8) is 0 Å². The van der Waals surface area contributed by atoms with Gasteiger partial charge in [0, 0.05) is 42.0 Å². The maximum atomic E-state index is 13.5. The van der Waals surface area contributed by atoms with Crippen molar-refractivity contribution in [2.75, 3.05) is 13.1 Å². The van der Waals surface area contributed by atoms with Crippen molar-refractivity contribution in [2.45, 2.75) is 83.7 Å². The van der Waals surface area contributed by atoms with Crippen LogP contribution >= 0.6 is 0 Å². The maximum Gasteiger partial charge on any atom is 0.224 e. The molecule has 2 fully saturated rings. The minimum Gasteiger partial charge on any atom is -0.353 e. The van der Waals surface area contributed by atoms with E-state index in [0.29, 0.717) is 12.5 Å². The summed E-state index contributed by atoms with van der Waals surface area (Å²) in [6.07, 6.45) is 8.36. The van der Waals surface area contributed by atoms with Crippen molar-refractivity contribution in [1.29, 1.82) is 0 Å². The van der Waals surface area contributed by atoms with E-state index in [0.717, 1.165) is 73.7 Å². The van der Waals surface area contributed by atoms with Crippen LogP contribution in [0, 0.1) is 19.7 Å². The molecule has 2 aliphatic rings. The van der Waals surface area contributed by atoms with E-state index in [4.69, 9.17) is 9.97 Å². The molecule has 1 aliphatic carbocycles. The molecule has 2 aromatic rings. The van der Waals surface area contributed by atoms with E-state index >= 15 is 0 Å². The van der Waals surface area contributed by atoms with Crippen molar-refractivity contribution in [3.05, 3.63) is 58.4 Å². The fourth-order valence-electron chi connectivity index (χ4n) is 5.19. The van der Waals surface area contributed by atoms with Gasteiger partial charge in [0.15, 0.2) is 0 Å². The van der Waals surface area contributed by atoms with Crippen LogP contribution in [0.15, 0.2) is 24.3 Å². The van der Waals surface area contributed by atoms with E-state index in [9.17, 15) is 9.18 Å². The van der Waals surface area contributed by atoms with Crippen LogP contribution in [0.3, 0.4) is 0 Å². The van der Waals surface area contributed by atoms with Crippen LogP contribution in [-0.2, 0) is 17.8 Å². The van der Waals surface area contributed by atoms with Crippen molar-refractivity contribution >= 4 is 5.91 Å². The minimum absolute atomic E-state index is 0.0818. The van der Waals surface area contributed by atoms with Gasteiger partial charge in [-0.2, -0.15) is 0 Å². The van der Waals surface area contributed by atoms with E-state index in [2.05, 4.69) is 10.2 Å². The second-order valence-electron chi connectivity index (χ2n) is 9.51. The van der Waals surface area contributed by atoms with Crippen LogP contribution in [0.1, 0.15) is 79.2 Å². The molecule has 1 aliphatic heterocycles. The molecular weight excluding hydrogens is 403 g/mol. The lowest BCUT2D eigenvalue weighted by molar-refractivity contribution is -0.121. The molecule has 172 valence electrons. The molecule has 1 saturated heterocycles. The zero-order chi connectivity index (χ0) is 22.5. The van der Waals surface area contributed by atoms with Gasteiger partial charge in [0.05, 0.1) is 6.42 Å². The smallest absolute Gasteiger partial charge is 0.224 e. The lowest BCUT2D eigenvalue weighted by Crippen LogP contribution is -2.37. The van der Waals surface area contributed by atoms with E-state index in [1.54, 1.807) is 12.1 Å². The Morgan fingerprint density at radius 3 is 2.56 bits per heavy atom. The van der Waals surface area contributed by atoms with Gasteiger partial charge in [-0.05, 0) is 63.8 Å². The first-order valence-electron chi connectivity index (χ1n) is 12.1. The number of benzene rings is 1. The molecule has 0 bridgehead atoms. The van der Waals surface area contributed by atoms with Gasteiger partial charge < -0.3 is 5.32 Å². The molecule has 6 heteroatoms. The van der Waals surface area contributed by atoms with Crippen LogP contribution in [0.25, 0.3) is 0 Å². The number of nitrogens with zero attached hydrogens (tertiary/aromatic N) is 3. The minimum atomic E-state index is -0.186. The van der Waals surface area contributed by atoms with E-state index < -0.39 is 0 Å². The fraction of sp³-hybridized carbons (Fsp3) is 0.577. The number of aryl methyl sites for hydroxylation is 2. The zero-order valence-electron chi connectivity index (χ0n) is 19.4. The Kier molecular flexibility index (Phi) is 7.51. The van der Waals surface area contributed by atoms with Crippen LogP contribution in [0.5, 0.6) is 0 Å². The van der Waals surface area contributed by atoms with Crippen LogP contribution < -0.4 is 5.32 Å². The molecule has 0 unspecified atom stereocenters. The first kappa shape index (κ1) is 22.8. The Morgan fingerprint density at radius 2 is 1.84 bits per heavy atom. The number of aromatic nitrogens is 2. The summed E-state index contributed by atoms with van der Waals surface area (Å²) in [6, 6.07) is 7.17. The number of amides is 1. The van der Waals surface area contributed by atoms with Crippen LogP contribution in [-0.4, -0.2) is 39.9 Å².